The summed E-state index contributed by atoms with van der Waals surface area (Å²) >= 11 is 0. The van der Waals surface area contributed by atoms with Crippen molar-refractivity contribution >= 4 is 17.6 Å². The van der Waals surface area contributed by atoms with E-state index in [2.05, 4.69) is 4.99 Å². The van der Waals surface area contributed by atoms with Gasteiger partial charge in [0.2, 0.25) is 11.9 Å². The lowest BCUT2D eigenvalue weighted by Crippen LogP contribution is -2.58. The molecule has 0 unspecified atom stereocenters. The minimum Gasteiger partial charge on any atom is -0.457 e. The summed E-state index contributed by atoms with van der Waals surface area (Å²) in [5.41, 5.74) is 12.7. The molecule has 1 saturated carbocycles. The lowest BCUT2D eigenvalue weighted by molar-refractivity contribution is 0.305. The van der Waals surface area contributed by atoms with Crippen LogP contribution in [0.4, 0.5) is 5.69 Å². The molecule has 1 spiro atoms. The van der Waals surface area contributed by atoms with Crippen molar-refractivity contribution in [1.82, 2.24) is 0 Å². The average Bonchev–Trinajstić information content (AvgIpc) is 2.63. The van der Waals surface area contributed by atoms with Crippen LogP contribution in [0, 0.1) is 0 Å². The number of nitrogens with zero attached hydrogens (tertiary/aromatic N) is 3. The molecule has 1 heterocycles. The molecule has 0 aromatic heterocycles. The first-order valence-electron chi connectivity index (χ1n) is 8.99. The van der Waals surface area contributed by atoms with E-state index in [1.165, 1.54) is 6.42 Å². The second-order valence-electron chi connectivity index (χ2n) is 6.73. The van der Waals surface area contributed by atoms with Gasteiger partial charge in [0.25, 0.3) is 0 Å². The van der Waals surface area contributed by atoms with Crippen molar-refractivity contribution in [1.29, 1.82) is 0 Å². The third-order valence-electron chi connectivity index (χ3n) is 4.91. The first-order chi connectivity index (χ1) is 12.7. The van der Waals surface area contributed by atoms with E-state index in [0.29, 0.717) is 5.96 Å². The Kier molecular flexibility index (Phi) is 4.24. The Morgan fingerprint density at radius 1 is 0.885 bits per heavy atom. The fraction of sp³-hybridized carbons (Fsp3) is 0.300. The van der Waals surface area contributed by atoms with E-state index in [-0.39, 0.29) is 5.96 Å². The predicted molar refractivity (Wildman–Crippen MR) is 104 cm³/mol. The number of guanidine groups is 2. The number of benzene rings is 2. The zero-order chi connectivity index (χ0) is 18.0. The van der Waals surface area contributed by atoms with Crippen LogP contribution in [0.25, 0.3) is 0 Å². The number of hydrogen-bond acceptors (Lipinski definition) is 6. The molecule has 134 valence electrons. The monoisotopic (exact) mass is 349 g/mol. The molecule has 2 aromatic carbocycles. The molecule has 26 heavy (non-hydrogen) atoms. The predicted octanol–water partition coefficient (Wildman–Crippen LogP) is 3.59. The number of rotatable bonds is 3. The smallest absolute Gasteiger partial charge is 0.220 e. The fourth-order valence-electron chi connectivity index (χ4n) is 3.81. The number of ether oxygens (including phenoxy) is 1. The zero-order valence-corrected chi connectivity index (χ0v) is 14.6. The molecule has 0 radical (unpaired) electrons. The molecule has 1 aliphatic heterocycles. The normalized spacial score (nSPS) is 19.0. The Morgan fingerprint density at radius 3 is 2.38 bits per heavy atom. The van der Waals surface area contributed by atoms with Crippen molar-refractivity contribution in [2.45, 2.75) is 37.8 Å². The number of hydrogen-bond donors (Lipinski definition) is 2. The van der Waals surface area contributed by atoms with Gasteiger partial charge in [-0.2, -0.15) is 4.99 Å². The van der Waals surface area contributed by atoms with Crippen molar-refractivity contribution in [2.24, 2.45) is 21.5 Å². The summed E-state index contributed by atoms with van der Waals surface area (Å²) in [5.74, 6) is 2.18. The van der Waals surface area contributed by atoms with Crippen LogP contribution in [0.15, 0.2) is 64.6 Å². The molecule has 2 aliphatic rings. The van der Waals surface area contributed by atoms with Crippen LogP contribution in [-0.2, 0) is 0 Å². The zero-order valence-electron chi connectivity index (χ0n) is 14.6. The maximum Gasteiger partial charge on any atom is 0.220 e. The molecular formula is C20H23N5O. The molecule has 1 fully saturated rings. The maximum absolute atomic E-state index is 6.28. The quantitative estimate of drug-likeness (QED) is 0.886. The van der Waals surface area contributed by atoms with E-state index < -0.39 is 5.66 Å². The highest BCUT2D eigenvalue weighted by molar-refractivity contribution is 6.05. The lowest BCUT2D eigenvalue weighted by atomic mass is 9.87. The van der Waals surface area contributed by atoms with Gasteiger partial charge in [0.15, 0.2) is 0 Å². The summed E-state index contributed by atoms with van der Waals surface area (Å²) in [7, 11) is 0. The van der Waals surface area contributed by atoms with Crippen molar-refractivity contribution in [3.63, 3.8) is 0 Å². The topological polar surface area (TPSA) is 89.2 Å². The van der Waals surface area contributed by atoms with Gasteiger partial charge in [0.05, 0.1) is 0 Å². The first-order valence-corrected chi connectivity index (χ1v) is 8.99. The van der Waals surface area contributed by atoms with Gasteiger partial charge in [-0.25, -0.2) is 4.99 Å². The molecule has 0 bridgehead atoms. The van der Waals surface area contributed by atoms with Gasteiger partial charge < -0.3 is 16.2 Å². The summed E-state index contributed by atoms with van der Waals surface area (Å²) in [5, 5.41) is 0. The van der Waals surface area contributed by atoms with E-state index in [1.54, 1.807) is 0 Å². The third-order valence-corrected chi connectivity index (χ3v) is 4.91. The first kappa shape index (κ1) is 16.4. The Hall–Kier alpha value is -3.02. The largest absolute Gasteiger partial charge is 0.457 e. The molecule has 4 N–H and O–H groups in total. The minimum atomic E-state index is -0.445. The van der Waals surface area contributed by atoms with Gasteiger partial charge in [0, 0.05) is 11.8 Å². The van der Waals surface area contributed by atoms with Gasteiger partial charge in [-0.1, -0.05) is 30.7 Å². The number of anilines is 1. The van der Waals surface area contributed by atoms with E-state index in [0.717, 1.165) is 42.9 Å². The van der Waals surface area contributed by atoms with E-state index in [9.17, 15) is 0 Å². The standard InChI is InChI=1S/C20H23N5O/c21-18-23-19(22)25(20(24-18)12-5-2-6-13-20)15-8-7-11-17(14-15)26-16-9-3-1-4-10-16/h1,3-4,7-11,14H,2,5-6,12-13H2,(H4,21,22,23,24). The van der Waals surface area contributed by atoms with Crippen molar-refractivity contribution in [2.75, 3.05) is 4.90 Å². The second-order valence-corrected chi connectivity index (χ2v) is 6.73. The van der Waals surface area contributed by atoms with Gasteiger partial charge in [0.1, 0.15) is 17.2 Å². The van der Waals surface area contributed by atoms with Crippen LogP contribution in [0.2, 0.25) is 0 Å². The van der Waals surface area contributed by atoms with Gasteiger partial charge in [-0.05, 0) is 49.9 Å². The van der Waals surface area contributed by atoms with Crippen molar-refractivity contribution in [3.8, 4) is 11.5 Å². The molecule has 0 amide bonds. The van der Waals surface area contributed by atoms with Crippen LogP contribution in [0.5, 0.6) is 11.5 Å². The lowest BCUT2D eigenvalue weighted by Gasteiger charge is -2.45. The molecule has 6 heteroatoms. The highest BCUT2D eigenvalue weighted by atomic mass is 16.5. The highest BCUT2D eigenvalue weighted by Gasteiger charge is 2.42. The maximum atomic E-state index is 6.28. The van der Waals surface area contributed by atoms with E-state index in [1.807, 2.05) is 59.5 Å². The summed E-state index contributed by atoms with van der Waals surface area (Å²) in [6, 6.07) is 17.6. The third kappa shape index (κ3) is 3.10. The van der Waals surface area contributed by atoms with Crippen LogP contribution < -0.4 is 21.1 Å². The summed E-state index contributed by atoms with van der Waals surface area (Å²) in [6.07, 6.45) is 5.22. The molecular weight excluding hydrogens is 326 g/mol. The van der Waals surface area contributed by atoms with Crippen LogP contribution >= 0.6 is 0 Å². The molecule has 0 atom stereocenters. The highest BCUT2D eigenvalue weighted by Crippen LogP contribution is 2.40. The minimum absolute atomic E-state index is 0.261. The van der Waals surface area contributed by atoms with Gasteiger partial charge in [-0.3, -0.25) is 4.90 Å². The SMILES string of the molecule is NC1=NC2(CCCCC2)N(c2cccc(Oc3ccccc3)c2)C(N)=N1. The van der Waals surface area contributed by atoms with Gasteiger partial charge >= 0.3 is 0 Å². The number of nitrogens with two attached hydrogens (primary N) is 2. The van der Waals surface area contributed by atoms with Crippen molar-refractivity contribution < 1.29 is 4.74 Å². The average molecular weight is 349 g/mol. The molecule has 1 aliphatic carbocycles. The number of para-hydroxylation sites is 1. The van der Waals surface area contributed by atoms with Crippen LogP contribution in [0.3, 0.4) is 0 Å². The summed E-state index contributed by atoms with van der Waals surface area (Å²) in [4.78, 5) is 10.9. The fourth-order valence-corrected chi connectivity index (χ4v) is 3.81. The molecule has 4 rings (SSSR count). The Balaban J connectivity index is 1.69. The second kappa shape index (κ2) is 6.71. The summed E-state index contributed by atoms with van der Waals surface area (Å²) in [6.45, 7) is 0. The molecule has 6 nitrogen and oxygen atoms in total. The van der Waals surface area contributed by atoms with Gasteiger partial charge in [-0.15, -0.1) is 0 Å². The van der Waals surface area contributed by atoms with Crippen molar-refractivity contribution in [3.05, 3.63) is 54.6 Å². The summed E-state index contributed by atoms with van der Waals surface area (Å²) < 4.78 is 5.97. The molecule has 2 aromatic rings. The van der Waals surface area contributed by atoms with Crippen LogP contribution in [0.1, 0.15) is 32.1 Å². The van der Waals surface area contributed by atoms with Crippen LogP contribution in [-0.4, -0.2) is 17.6 Å². The Bertz CT molecular complexity index is 840. The Morgan fingerprint density at radius 2 is 1.62 bits per heavy atom. The number of aliphatic imine (C=N–C) groups is 2. The van der Waals surface area contributed by atoms with E-state index >= 15 is 0 Å². The Labute approximate surface area is 153 Å². The molecule has 0 saturated heterocycles. The van der Waals surface area contributed by atoms with E-state index in [4.69, 9.17) is 21.2 Å².